The first-order valence-electron chi connectivity index (χ1n) is 8.99. The van der Waals surface area contributed by atoms with Gasteiger partial charge in [0.25, 0.3) is 0 Å². The van der Waals surface area contributed by atoms with E-state index in [4.69, 9.17) is 0 Å². The maximum Gasteiger partial charge on any atom is 0.159 e. The van der Waals surface area contributed by atoms with E-state index in [1.807, 2.05) is 12.1 Å². The molecule has 0 fully saturated rings. The number of aromatic nitrogens is 4. The summed E-state index contributed by atoms with van der Waals surface area (Å²) in [7, 11) is 0. The highest BCUT2D eigenvalue weighted by molar-refractivity contribution is 5.84. The zero-order valence-corrected chi connectivity index (χ0v) is 15.2. The van der Waals surface area contributed by atoms with Gasteiger partial charge < -0.3 is 0 Å². The molecular formula is C23H18N4. The Morgan fingerprint density at radius 2 is 1.00 bits per heavy atom. The van der Waals surface area contributed by atoms with Crippen molar-refractivity contribution in [2.75, 3.05) is 0 Å². The Morgan fingerprint density at radius 1 is 0.593 bits per heavy atom. The van der Waals surface area contributed by atoms with E-state index in [0.717, 1.165) is 22.8 Å². The number of hydrogen-bond acceptors (Lipinski definition) is 4. The molecule has 0 atom stereocenters. The van der Waals surface area contributed by atoms with Crippen LogP contribution in [-0.4, -0.2) is 19.9 Å². The fourth-order valence-corrected chi connectivity index (χ4v) is 3.91. The third-order valence-corrected chi connectivity index (χ3v) is 5.32. The van der Waals surface area contributed by atoms with Gasteiger partial charge in [-0.25, -0.2) is 19.9 Å². The Labute approximate surface area is 158 Å². The Hall–Kier alpha value is -3.40. The van der Waals surface area contributed by atoms with Gasteiger partial charge in [-0.1, -0.05) is 38.1 Å². The molecule has 5 rings (SSSR count). The SMILES string of the molecule is CC1(C)c2cc(-c3ncccn3)ccc2-c2ccc(-c3ncccn3)cc21. The molecule has 0 N–H and O–H groups in total. The van der Waals surface area contributed by atoms with Crippen molar-refractivity contribution < 1.29 is 0 Å². The van der Waals surface area contributed by atoms with Crippen molar-refractivity contribution in [3.05, 3.63) is 84.4 Å². The van der Waals surface area contributed by atoms with Crippen LogP contribution in [0.25, 0.3) is 33.9 Å². The smallest absolute Gasteiger partial charge is 0.159 e. The molecule has 130 valence electrons. The second-order valence-electron chi connectivity index (χ2n) is 7.29. The Morgan fingerprint density at radius 3 is 1.41 bits per heavy atom. The van der Waals surface area contributed by atoms with E-state index in [0.29, 0.717) is 0 Å². The van der Waals surface area contributed by atoms with Gasteiger partial charge in [0.15, 0.2) is 11.6 Å². The summed E-state index contributed by atoms with van der Waals surface area (Å²) in [5.74, 6) is 1.51. The van der Waals surface area contributed by atoms with Crippen LogP contribution in [0.3, 0.4) is 0 Å². The Kier molecular flexibility index (Phi) is 3.41. The van der Waals surface area contributed by atoms with Gasteiger partial charge in [-0.3, -0.25) is 0 Å². The fraction of sp³-hybridized carbons (Fsp3) is 0.130. The molecule has 0 unspecified atom stereocenters. The van der Waals surface area contributed by atoms with Gasteiger partial charge >= 0.3 is 0 Å². The molecule has 4 heteroatoms. The van der Waals surface area contributed by atoms with Gasteiger partial charge in [0.2, 0.25) is 0 Å². The minimum Gasteiger partial charge on any atom is -0.237 e. The van der Waals surface area contributed by atoms with Gasteiger partial charge in [-0.05, 0) is 46.5 Å². The van der Waals surface area contributed by atoms with Gasteiger partial charge in [-0.2, -0.15) is 0 Å². The van der Waals surface area contributed by atoms with E-state index in [1.54, 1.807) is 24.8 Å². The molecule has 1 aliphatic rings. The number of hydrogen-bond donors (Lipinski definition) is 0. The molecule has 2 heterocycles. The average molecular weight is 350 g/mol. The molecular weight excluding hydrogens is 332 g/mol. The molecule has 0 saturated heterocycles. The fourth-order valence-electron chi connectivity index (χ4n) is 3.91. The highest BCUT2D eigenvalue weighted by Crippen LogP contribution is 2.50. The number of benzene rings is 2. The average Bonchev–Trinajstić information content (AvgIpc) is 2.96. The molecule has 1 aliphatic carbocycles. The summed E-state index contributed by atoms with van der Waals surface area (Å²) in [6.07, 6.45) is 7.12. The van der Waals surface area contributed by atoms with Gasteiger partial charge in [-0.15, -0.1) is 0 Å². The van der Waals surface area contributed by atoms with Crippen LogP contribution < -0.4 is 0 Å². The van der Waals surface area contributed by atoms with Gasteiger partial charge in [0, 0.05) is 41.3 Å². The van der Waals surface area contributed by atoms with Crippen molar-refractivity contribution in [2.45, 2.75) is 19.3 Å². The normalized spacial score (nSPS) is 13.9. The number of rotatable bonds is 2. The van der Waals surface area contributed by atoms with Crippen LogP contribution in [-0.2, 0) is 5.41 Å². The molecule has 27 heavy (non-hydrogen) atoms. The lowest BCUT2D eigenvalue weighted by Crippen LogP contribution is -2.15. The largest absolute Gasteiger partial charge is 0.237 e. The number of nitrogens with zero attached hydrogens (tertiary/aromatic N) is 4. The molecule has 0 amide bonds. The summed E-state index contributed by atoms with van der Waals surface area (Å²) in [6, 6.07) is 16.7. The van der Waals surface area contributed by atoms with Crippen molar-refractivity contribution in [1.82, 2.24) is 19.9 Å². The summed E-state index contributed by atoms with van der Waals surface area (Å²) < 4.78 is 0. The van der Waals surface area contributed by atoms with Gasteiger partial charge in [0.05, 0.1) is 0 Å². The maximum absolute atomic E-state index is 4.40. The Balaban J connectivity index is 1.65. The lowest BCUT2D eigenvalue weighted by molar-refractivity contribution is 0.660. The summed E-state index contributed by atoms with van der Waals surface area (Å²) in [5, 5.41) is 0. The van der Waals surface area contributed by atoms with Crippen LogP contribution in [0.5, 0.6) is 0 Å². The first kappa shape index (κ1) is 15.8. The molecule has 0 aliphatic heterocycles. The zero-order chi connectivity index (χ0) is 18.4. The molecule has 0 radical (unpaired) electrons. The van der Waals surface area contributed by atoms with Crippen LogP contribution in [0.2, 0.25) is 0 Å². The number of fused-ring (bicyclic) bond motifs is 3. The minimum absolute atomic E-state index is 0.111. The summed E-state index contributed by atoms with van der Waals surface area (Å²) in [4.78, 5) is 17.6. The van der Waals surface area contributed by atoms with Crippen LogP contribution in [0.1, 0.15) is 25.0 Å². The van der Waals surface area contributed by atoms with Crippen LogP contribution >= 0.6 is 0 Å². The van der Waals surface area contributed by atoms with Crippen molar-refractivity contribution >= 4 is 0 Å². The molecule has 0 bridgehead atoms. The molecule has 0 saturated carbocycles. The lowest BCUT2D eigenvalue weighted by atomic mass is 9.81. The van der Waals surface area contributed by atoms with E-state index in [2.05, 4.69) is 70.2 Å². The first-order chi connectivity index (χ1) is 13.1. The quantitative estimate of drug-likeness (QED) is 0.515. The predicted molar refractivity (Wildman–Crippen MR) is 106 cm³/mol. The molecule has 0 spiro atoms. The third kappa shape index (κ3) is 2.45. The molecule has 4 nitrogen and oxygen atoms in total. The van der Waals surface area contributed by atoms with Crippen LogP contribution in [0, 0.1) is 0 Å². The van der Waals surface area contributed by atoms with E-state index in [-0.39, 0.29) is 5.41 Å². The van der Waals surface area contributed by atoms with Crippen molar-refractivity contribution in [3.8, 4) is 33.9 Å². The van der Waals surface area contributed by atoms with E-state index >= 15 is 0 Å². The molecule has 4 aromatic rings. The standard InChI is InChI=1S/C23H18N4/c1-23(2)19-13-15(21-24-9-3-10-25-21)5-7-17(19)18-8-6-16(14-20(18)23)22-26-11-4-12-27-22/h3-14H,1-2H3. The third-order valence-electron chi connectivity index (χ3n) is 5.32. The van der Waals surface area contributed by atoms with E-state index in [9.17, 15) is 0 Å². The monoisotopic (exact) mass is 350 g/mol. The molecule has 2 aromatic heterocycles. The van der Waals surface area contributed by atoms with Crippen molar-refractivity contribution in [2.24, 2.45) is 0 Å². The topological polar surface area (TPSA) is 51.6 Å². The highest BCUT2D eigenvalue weighted by atomic mass is 14.9. The summed E-state index contributed by atoms with van der Waals surface area (Å²) in [5.41, 5.74) is 7.12. The first-order valence-corrected chi connectivity index (χ1v) is 8.99. The minimum atomic E-state index is -0.111. The summed E-state index contributed by atoms with van der Waals surface area (Å²) >= 11 is 0. The van der Waals surface area contributed by atoms with Crippen LogP contribution in [0.15, 0.2) is 73.3 Å². The maximum atomic E-state index is 4.40. The second-order valence-corrected chi connectivity index (χ2v) is 7.29. The zero-order valence-electron chi connectivity index (χ0n) is 15.2. The Bertz CT molecular complexity index is 1040. The highest BCUT2D eigenvalue weighted by Gasteiger charge is 2.36. The van der Waals surface area contributed by atoms with Crippen LogP contribution in [0.4, 0.5) is 0 Å². The molecule has 2 aromatic carbocycles. The summed E-state index contributed by atoms with van der Waals surface area (Å²) in [6.45, 7) is 4.53. The van der Waals surface area contributed by atoms with Gasteiger partial charge in [0.1, 0.15) is 0 Å². The second kappa shape index (κ2) is 5.81. The lowest BCUT2D eigenvalue weighted by Gasteiger charge is -2.22. The predicted octanol–water partition coefficient (Wildman–Crippen LogP) is 4.91. The van der Waals surface area contributed by atoms with Crippen molar-refractivity contribution in [1.29, 1.82) is 0 Å². The van der Waals surface area contributed by atoms with Crippen molar-refractivity contribution in [3.63, 3.8) is 0 Å². The van der Waals surface area contributed by atoms with E-state index < -0.39 is 0 Å². The van der Waals surface area contributed by atoms with E-state index in [1.165, 1.54) is 22.3 Å².